The van der Waals surface area contributed by atoms with E-state index in [4.69, 9.17) is 4.74 Å². The number of ether oxygens (including phenoxy) is 1. The Bertz CT molecular complexity index is 1480. The van der Waals surface area contributed by atoms with E-state index in [1.165, 1.54) is 11.8 Å². The highest BCUT2D eigenvalue weighted by Crippen LogP contribution is 2.36. The zero-order chi connectivity index (χ0) is 28.5. The Kier molecular flexibility index (Phi) is 7.84. The third-order valence-electron chi connectivity index (χ3n) is 7.78. The molecule has 2 amide bonds. The maximum atomic E-state index is 14.2. The summed E-state index contributed by atoms with van der Waals surface area (Å²) in [7, 11) is -3.36. The van der Waals surface area contributed by atoms with E-state index in [-0.39, 0.29) is 34.5 Å². The number of para-hydroxylation sites is 1. The van der Waals surface area contributed by atoms with Gasteiger partial charge in [-0.05, 0) is 100 Å². The molecule has 8 heteroatoms. The number of anilines is 3. The smallest absolute Gasteiger partial charge is 0.258 e. The molecule has 40 heavy (non-hydrogen) atoms. The average molecular weight is 561 g/mol. The van der Waals surface area contributed by atoms with Crippen molar-refractivity contribution in [1.82, 2.24) is 0 Å². The molecule has 2 fully saturated rings. The lowest BCUT2D eigenvalue weighted by atomic mass is 9.91. The second-order valence-electron chi connectivity index (χ2n) is 11.3. The first kappa shape index (κ1) is 28.1. The van der Waals surface area contributed by atoms with Gasteiger partial charge in [0.2, 0.25) is 5.91 Å². The SMILES string of the molecule is CC(=O)N(c1ccc(S(=O)(=O)CC2CC2)cc1)c1cccc(C(=O)N(c2ccccc2)C(C)(C)C2CCCO2)c1. The summed E-state index contributed by atoms with van der Waals surface area (Å²) in [6.45, 7) is 6.18. The molecule has 210 valence electrons. The lowest BCUT2D eigenvalue weighted by Gasteiger charge is -2.42. The molecule has 2 aliphatic rings. The minimum absolute atomic E-state index is 0.108. The number of amides is 2. The molecular formula is C32H36N2O5S. The van der Waals surface area contributed by atoms with Gasteiger partial charge >= 0.3 is 0 Å². The molecule has 0 N–H and O–H groups in total. The van der Waals surface area contributed by atoms with Gasteiger partial charge in [0.15, 0.2) is 9.84 Å². The van der Waals surface area contributed by atoms with Gasteiger partial charge in [-0.15, -0.1) is 0 Å². The molecule has 1 atom stereocenters. The first-order valence-electron chi connectivity index (χ1n) is 13.8. The van der Waals surface area contributed by atoms with Crippen molar-refractivity contribution in [2.75, 3.05) is 22.2 Å². The Labute approximate surface area is 236 Å². The molecule has 3 aromatic carbocycles. The predicted octanol–water partition coefficient (Wildman–Crippen LogP) is 6.16. The fraction of sp³-hybridized carbons (Fsp3) is 0.375. The van der Waals surface area contributed by atoms with Gasteiger partial charge in [-0.1, -0.05) is 24.3 Å². The molecule has 1 unspecified atom stereocenters. The maximum Gasteiger partial charge on any atom is 0.258 e. The summed E-state index contributed by atoms with van der Waals surface area (Å²) in [4.78, 5) is 30.6. The fourth-order valence-corrected chi connectivity index (χ4v) is 7.18. The number of hydrogen-bond acceptors (Lipinski definition) is 5. The lowest BCUT2D eigenvalue weighted by Crippen LogP contribution is -2.55. The second-order valence-corrected chi connectivity index (χ2v) is 13.3. The molecule has 7 nitrogen and oxygen atoms in total. The average Bonchev–Trinajstić information content (AvgIpc) is 3.54. The molecule has 1 heterocycles. The van der Waals surface area contributed by atoms with Crippen LogP contribution in [0.4, 0.5) is 17.1 Å². The minimum atomic E-state index is -3.36. The van der Waals surface area contributed by atoms with Gasteiger partial charge in [-0.25, -0.2) is 8.42 Å². The summed E-state index contributed by atoms with van der Waals surface area (Å²) in [5.41, 5.74) is 1.64. The largest absolute Gasteiger partial charge is 0.376 e. The van der Waals surface area contributed by atoms with Crippen LogP contribution in [-0.4, -0.2) is 44.2 Å². The van der Waals surface area contributed by atoms with Crippen LogP contribution in [0.3, 0.4) is 0 Å². The quantitative estimate of drug-likeness (QED) is 0.313. The maximum absolute atomic E-state index is 14.2. The molecular weight excluding hydrogens is 524 g/mol. The Morgan fingerprint density at radius 3 is 2.15 bits per heavy atom. The van der Waals surface area contributed by atoms with E-state index in [1.807, 2.05) is 44.2 Å². The number of hydrogen-bond donors (Lipinski definition) is 0. The first-order chi connectivity index (χ1) is 19.1. The number of carbonyl (C=O) groups is 2. The minimum Gasteiger partial charge on any atom is -0.376 e. The molecule has 3 aromatic rings. The Morgan fingerprint density at radius 2 is 1.55 bits per heavy atom. The molecule has 1 saturated carbocycles. The van der Waals surface area contributed by atoms with Crippen molar-refractivity contribution in [1.29, 1.82) is 0 Å². The lowest BCUT2D eigenvalue weighted by molar-refractivity contribution is -0.115. The standard InChI is InChI=1S/C32H36N2O5S/c1-23(35)33(26-16-18-29(19-17-26)40(37,38)22-24-14-15-24)28-12-7-9-25(21-28)31(36)34(27-10-5-4-6-11-27)32(2,3)30-13-8-20-39-30/h4-7,9-12,16-19,21,24,30H,8,13-15,20,22H2,1-3H3. The molecule has 0 spiro atoms. The van der Waals surface area contributed by atoms with Crippen molar-refractivity contribution < 1.29 is 22.7 Å². The summed E-state index contributed by atoms with van der Waals surface area (Å²) in [5.74, 6) is -0.0386. The van der Waals surface area contributed by atoms with Crippen molar-refractivity contribution >= 4 is 38.7 Å². The van der Waals surface area contributed by atoms with Crippen molar-refractivity contribution in [3.05, 3.63) is 84.4 Å². The van der Waals surface area contributed by atoms with E-state index >= 15 is 0 Å². The Morgan fingerprint density at radius 1 is 0.875 bits per heavy atom. The van der Waals surface area contributed by atoms with Gasteiger partial charge in [0.1, 0.15) is 0 Å². The van der Waals surface area contributed by atoms with Crippen LogP contribution in [0, 0.1) is 5.92 Å². The molecule has 0 radical (unpaired) electrons. The van der Waals surface area contributed by atoms with Crippen LogP contribution in [0.15, 0.2) is 83.8 Å². The van der Waals surface area contributed by atoms with E-state index in [0.29, 0.717) is 23.5 Å². The molecule has 0 aromatic heterocycles. The van der Waals surface area contributed by atoms with Crippen molar-refractivity contribution in [2.45, 2.75) is 63.0 Å². The van der Waals surface area contributed by atoms with Crippen molar-refractivity contribution in [3.8, 4) is 0 Å². The van der Waals surface area contributed by atoms with Gasteiger partial charge in [-0.2, -0.15) is 0 Å². The number of sulfone groups is 1. The first-order valence-corrected chi connectivity index (χ1v) is 15.5. The highest BCUT2D eigenvalue weighted by molar-refractivity contribution is 7.91. The van der Waals surface area contributed by atoms with E-state index in [9.17, 15) is 18.0 Å². The van der Waals surface area contributed by atoms with Gasteiger partial charge in [0, 0.05) is 36.2 Å². The summed E-state index contributed by atoms with van der Waals surface area (Å²) < 4.78 is 31.5. The third-order valence-corrected chi connectivity index (χ3v) is 9.68. The normalized spacial score (nSPS) is 17.4. The van der Waals surface area contributed by atoms with E-state index in [0.717, 1.165) is 31.4 Å². The highest BCUT2D eigenvalue weighted by Gasteiger charge is 2.42. The van der Waals surface area contributed by atoms with Crippen LogP contribution in [0.25, 0.3) is 0 Å². The zero-order valence-electron chi connectivity index (χ0n) is 23.2. The van der Waals surface area contributed by atoms with Crippen LogP contribution >= 0.6 is 0 Å². The van der Waals surface area contributed by atoms with Crippen molar-refractivity contribution in [2.24, 2.45) is 5.92 Å². The Balaban J connectivity index is 1.47. The molecule has 0 bridgehead atoms. The fourth-order valence-electron chi connectivity index (χ4n) is 5.48. The van der Waals surface area contributed by atoms with Crippen LogP contribution in [-0.2, 0) is 19.4 Å². The van der Waals surface area contributed by atoms with Crippen LogP contribution in [0.2, 0.25) is 0 Å². The number of nitrogens with zero attached hydrogens (tertiary/aromatic N) is 2. The van der Waals surface area contributed by atoms with Crippen LogP contribution in [0.5, 0.6) is 0 Å². The van der Waals surface area contributed by atoms with Gasteiger partial charge < -0.3 is 9.64 Å². The summed E-state index contributed by atoms with van der Waals surface area (Å²) in [5, 5.41) is 0. The van der Waals surface area contributed by atoms with Gasteiger partial charge in [0.05, 0.1) is 22.3 Å². The summed E-state index contributed by atoms with van der Waals surface area (Å²) in [6.07, 6.45) is 3.62. The second kappa shape index (κ2) is 11.2. The topological polar surface area (TPSA) is 84.0 Å². The zero-order valence-corrected chi connectivity index (χ0v) is 24.1. The Hall–Kier alpha value is -3.49. The van der Waals surface area contributed by atoms with Crippen LogP contribution < -0.4 is 9.80 Å². The molecule has 1 saturated heterocycles. The number of rotatable bonds is 9. The molecule has 1 aliphatic heterocycles. The van der Waals surface area contributed by atoms with Crippen LogP contribution in [0.1, 0.15) is 56.8 Å². The summed E-state index contributed by atoms with van der Waals surface area (Å²) >= 11 is 0. The highest BCUT2D eigenvalue weighted by atomic mass is 32.2. The molecule has 1 aliphatic carbocycles. The monoisotopic (exact) mass is 560 g/mol. The van der Waals surface area contributed by atoms with E-state index < -0.39 is 15.4 Å². The summed E-state index contributed by atoms with van der Waals surface area (Å²) in [6, 6.07) is 23.0. The number of carbonyl (C=O) groups excluding carboxylic acids is 2. The van der Waals surface area contributed by atoms with E-state index in [1.54, 1.807) is 53.4 Å². The van der Waals surface area contributed by atoms with Crippen molar-refractivity contribution in [3.63, 3.8) is 0 Å². The van der Waals surface area contributed by atoms with Gasteiger partial charge in [-0.3, -0.25) is 14.5 Å². The van der Waals surface area contributed by atoms with Gasteiger partial charge in [0.25, 0.3) is 5.91 Å². The van der Waals surface area contributed by atoms with E-state index in [2.05, 4.69) is 0 Å². The molecule has 5 rings (SSSR count). The third kappa shape index (κ3) is 5.83. The predicted molar refractivity (Wildman–Crippen MR) is 157 cm³/mol. The number of benzene rings is 3.